The Bertz CT molecular complexity index is 873. The summed E-state index contributed by atoms with van der Waals surface area (Å²) in [7, 11) is 0. The van der Waals surface area contributed by atoms with Crippen molar-refractivity contribution in [3.05, 3.63) is 53.1 Å². The van der Waals surface area contributed by atoms with Gasteiger partial charge in [-0.1, -0.05) is 17.7 Å². The van der Waals surface area contributed by atoms with Gasteiger partial charge in [-0.2, -0.15) is 0 Å². The maximum absolute atomic E-state index is 12.8. The molecule has 4 rings (SSSR count). The highest BCUT2D eigenvalue weighted by atomic mass is 35.5. The minimum absolute atomic E-state index is 0.0266. The van der Waals surface area contributed by atoms with E-state index in [9.17, 15) is 9.59 Å². The molecule has 1 heterocycles. The number of carbonyl (C=O) groups is 2. The predicted octanol–water partition coefficient (Wildman–Crippen LogP) is 4.54. The number of hydrogen-bond donors (Lipinski definition) is 2. The molecule has 1 saturated carbocycles. The number of rotatable bonds is 5. The quantitative estimate of drug-likeness (QED) is 0.796. The van der Waals surface area contributed by atoms with Gasteiger partial charge in [0.05, 0.1) is 11.4 Å². The van der Waals surface area contributed by atoms with Crippen molar-refractivity contribution < 1.29 is 9.59 Å². The number of benzene rings is 2. The normalized spacial score (nSPS) is 16.3. The summed E-state index contributed by atoms with van der Waals surface area (Å²) in [6.07, 6.45) is 4.19. The standard InChI is InChI=1S/C21H22ClN3O2/c22-16-8-9-19(25-10-1-2-11-25)18(13-16)24-21(27)15-4-3-5-17(12-15)23-20(26)14-6-7-14/h3-5,8-9,12-14H,1-2,6-7,10-11H2,(H,23,26)(H,24,27). The van der Waals surface area contributed by atoms with E-state index < -0.39 is 0 Å². The van der Waals surface area contributed by atoms with E-state index in [1.165, 1.54) is 0 Å². The van der Waals surface area contributed by atoms with Crippen molar-refractivity contribution in [1.29, 1.82) is 0 Å². The third-order valence-corrected chi connectivity index (χ3v) is 5.23. The number of halogens is 1. The molecule has 1 aliphatic carbocycles. The SMILES string of the molecule is O=C(Nc1cc(Cl)ccc1N1CCCC1)c1cccc(NC(=O)C2CC2)c1. The van der Waals surface area contributed by atoms with E-state index in [1.807, 2.05) is 12.1 Å². The van der Waals surface area contributed by atoms with Crippen LogP contribution in [0.25, 0.3) is 0 Å². The van der Waals surface area contributed by atoms with E-state index in [-0.39, 0.29) is 17.7 Å². The molecule has 2 aromatic rings. The molecule has 2 fully saturated rings. The van der Waals surface area contributed by atoms with Crippen molar-refractivity contribution in [2.75, 3.05) is 28.6 Å². The van der Waals surface area contributed by atoms with Gasteiger partial charge in [-0.05, 0) is 62.1 Å². The van der Waals surface area contributed by atoms with Crippen LogP contribution in [-0.2, 0) is 4.79 Å². The second kappa shape index (κ2) is 7.61. The zero-order chi connectivity index (χ0) is 18.8. The highest BCUT2D eigenvalue weighted by Gasteiger charge is 2.29. The van der Waals surface area contributed by atoms with Gasteiger partial charge in [0.25, 0.3) is 5.91 Å². The molecule has 0 aromatic heterocycles. The summed E-state index contributed by atoms with van der Waals surface area (Å²) in [4.78, 5) is 27.0. The average molecular weight is 384 g/mol. The molecule has 27 heavy (non-hydrogen) atoms. The van der Waals surface area contributed by atoms with Gasteiger partial charge >= 0.3 is 0 Å². The molecular weight excluding hydrogens is 362 g/mol. The molecule has 0 radical (unpaired) electrons. The van der Waals surface area contributed by atoms with Gasteiger partial charge in [0.1, 0.15) is 0 Å². The van der Waals surface area contributed by atoms with Gasteiger partial charge in [0.2, 0.25) is 5.91 Å². The summed E-state index contributed by atoms with van der Waals surface area (Å²) in [6.45, 7) is 1.96. The van der Waals surface area contributed by atoms with Gasteiger partial charge in [0.15, 0.2) is 0 Å². The Kier molecular flexibility index (Phi) is 5.03. The van der Waals surface area contributed by atoms with Crippen LogP contribution in [-0.4, -0.2) is 24.9 Å². The van der Waals surface area contributed by atoms with Crippen molar-refractivity contribution in [3.8, 4) is 0 Å². The Morgan fingerprint density at radius 3 is 2.52 bits per heavy atom. The van der Waals surface area contributed by atoms with E-state index in [0.717, 1.165) is 44.5 Å². The van der Waals surface area contributed by atoms with E-state index in [4.69, 9.17) is 11.6 Å². The largest absolute Gasteiger partial charge is 0.370 e. The van der Waals surface area contributed by atoms with Crippen LogP contribution in [0.2, 0.25) is 5.02 Å². The van der Waals surface area contributed by atoms with E-state index in [1.54, 1.807) is 30.3 Å². The predicted molar refractivity (Wildman–Crippen MR) is 109 cm³/mol. The van der Waals surface area contributed by atoms with E-state index in [0.29, 0.717) is 22.0 Å². The summed E-state index contributed by atoms with van der Waals surface area (Å²) in [5.41, 5.74) is 2.84. The summed E-state index contributed by atoms with van der Waals surface area (Å²) in [5.74, 6) is -0.0732. The lowest BCUT2D eigenvalue weighted by molar-refractivity contribution is -0.117. The lowest BCUT2D eigenvalue weighted by Gasteiger charge is -2.22. The molecule has 0 unspecified atom stereocenters. The minimum Gasteiger partial charge on any atom is -0.370 e. The molecule has 0 atom stereocenters. The lowest BCUT2D eigenvalue weighted by Crippen LogP contribution is -2.21. The number of nitrogens with one attached hydrogen (secondary N) is 2. The Morgan fingerprint density at radius 1 is 1.00 bits per heavy atom. The molecule has 2 N–H and O–H groups in total. The van der Waals surface area contributed by atoms with Crippen molar-refractivity contribution in [3.63, 3.8) is 0 Å². The van der Waals surface area contributed by atoms with Crippen LogP contribution >= 0.6 is 11.6 Å². The van der Waals surface area contributed by atoms with E-state index in [2.05, 4.69) is 15.5 Å². The number of nitrogens with zero attached hydrogens (tertiary/aromatic N) is 1. The second-order valence-electron chi connectivity index (χ2n) is 7.15. The smallest absolute Gasteiger partial charge is 0.255 e. The number of carbonyl (C=O) groups excluding carboxylic acids is 2. The van der Waals surface area contributed by atoms with Crippen LogP contribution in [0.5, 0.6) is 0 Å². The molecule has 0 bridgehead atoms. The Balaban J connectivity index is 1.52. The first kappa shape index (κ1) is 17.9. The molecular formula is C21H22ClN3O2. The van der Waals surface area contributed by atoms with Crippen LogP contribution in [0.15, 0.2) is 42.5 Å². The summed E-state index contributed by atoms with van der Waals surface area (Å²) in [5, 5.41) is 6.44. The maximum atomic E-state index is 12.8. The average Bonchev–Trinajstić information content (AvgIpc) is 3.38. The third-order valence-electron chi connectivity index (χ3n) is 4.99. The molecule has 2 amide bonds. The van der Waals surface area contributed by atoms with Gasteiger partial charge in [-0.25, -0.2) is 0 Å². The third kappa shape index (κ3) is 4.25. The monoisotopic (exact) mass is 383 g/mol. The van der Waals surface area contributed by atoms with Gasteiger partial charge < -0.3 is 15.5 Å². The first-order valence-corrected chi connectivity index (χ1v) is 9.75. The van der Waals surface area contributed by atoms with Crippen LogP contribution in [0.1, 0.15) is 36.0 Å². The zero-order valence-corrected chi connectivity index (χ0v) is 15.8. The molecule has 1 aliphatic heterocycles. The van der Waals surface area contributed by atoms with E-state index >= 15 is 0 Å². The molecule has 2 aliphatic rings. The fraction of sp³-hybridized carbons (Fsp3) is 0.333. The first-order valence-electron chi connectivity index (χ1n) is 9.37. The van der Waals surface area contributed by atoms with Crippen molar-refractivity contribution in [1.82, 2.24) is 0 Å². The first-order chi connectivity index (χ1) is 13.1. The van der Waals surface area contributed by atoms with Crippen molar-refractivity contribution in [2.24, 2.45) is 5.92 Å². The Morgan fingerprint density at radius 2 is 1.78 bits per heavy atom. The van der Waals surface area contributed by atoms with Crippen LogP contribution in [0, 0.1) is 5.92 Å². The molecule has 5 nitrogen and oxygen atoms in total. The Labute approximate surface area is 163 Å². The summed E-state index contributed by atoms with van der Waals surface area (Å²) < 4.78 is 0. The maximum Gasteiger partial charge on any atom is 0.255 e. The highest BCUT2D eigenvalue weighted by molar-refractivity contribution is 6.31. The second-order valence-corrected chi connectivity index (χ2v) is 7.59. The number of amides is 2. The van der Waals surface area contributed by atoms with Gasteiger partial charge in [-0.15, -0.1) is 0 Å². The molecule has 1 saturated heterocycles. The zero-order valence-electron chi connectivity index (χ0n) is 15.0. The Hall–Kier alpha value is -2.53. The van der Waals surface area contributed by atoms with Crippen molar-refractivity contribution >= 4 is 40.5 Å². The minimum atomic E-state index is -0.222. The van der Waals surface area contributed by atoms with Crippen LogP contribution in [0.4, 0.5) is 17.1 Å². The van der Waals surface area contributed by atoms with Crippen molar-refractivity contribution in [2.45, 2.75) is 25.7 Å². The van der Waals surface area contributed by atoms with Gasteiger partial charge in [0, 0.05) is 35.3 Å². The van der Waals surface area contributed by atoms with Crippen LogP contribution < -0.4 is 15.5 Å². The fourth-order valence-electron chi connectivity index (χ4n) is 3.36. The number of hydrogen-bond acceptors (Lipinski definition) is 3. The fourth-order valence-corrected chi connectivity index (χ4v) is 3.54. The molecule has 2 aromatic carbocycles. The summed E-state index contributed by atoms with van der Waals surface area (Å²) in [6, 6.07) is 12.6. The topological polar surface area (TPSA) is 61.4 Å². The molecule has 6 heteroatoms. The molecule has 0 spiro atoms. The summed E-state index contributed by atoms with van der Waals surface area (Å²) >= 11 is 6.15. The highest BCUT2D eigenvalue weighted by Crippen LogP contribution is 2.32. The number of anilines is 3. The molecule has 140 valence electrons. The van der Waals surface area contributed by atoms with Crippen LogP contribution in [0.3, 0.4) is 0 Å². The van der Waals surface area contributed by atoms with Gasteiger partial charge in [-0.3, -0.25) is 9.59 Å². The lowest BCUT2D eigenvalue weighted by atomic mass is 10.1.